The number of nitriles is 1. The summed E-state index contributed by atoms with van der Waals surface area (Å²) in [6.07, 6.45) is 1.68. The lowest BCUT2D eigenvalue weighted by Crippen LogP contribution is -2.01. The van der Waals surface area contributed by atoms with Crippen LogP contribution in [0.25, 0.3) is 0 Å². The molecule has 2 aromatic carbocycles. The molecule has 1 aliphatic rings. The summed E-state index contributed by atoms with van der Waals surface area (Å²) < 4.78 is 5.28. The maximum Gasteiger partial charge on any atom is 0.119 e. The molecule has 0 bridgehead atoms. The Morgan fingerprint density at radius 3 is 2.63 bits per heavy atom. The van der Waals surface area contributed by atoms with Gasteiger partial charge in [0.1, 0.15) is 5.75 Å². The van der Waals surface area contributed by atoms with Crippen molar-refractivity contribution >= 4 is 0 Å². The zero-order valence-corrected chi connectivity index (χ0v) is 10.9. The standard InChI is InChI=1S/C17H15NO/c1-19-16-7-6-14-8-12-4-2-3-5-13(12)9-15(11-18)17(14)10-16/h2-7,10,15H,8-9H2,1H3/t15-/m1/s1. The SMILES string of the molecule is COc1ccc2c(c1)[C@@H](C#N)Cc1ccccc1C2. The number of benzene rings is 2. The minimum Gasteiger partial charge on any atom is -0.497 e. The Morgan fingerprint density at radius 2 is 1.89 bits per heavy atom. The van der Waals surface area contributed by atoms with Crippen molar-refractivity contribution in [2.45, 2.75) is 18.8 Å². The summed E-state index contributed by atoms with van der Waals surface area (Å²) in [5.74, 6) is 0.735. The fourth-order valence-corrected chi connectivity index (χ4v) is 2.76. The van der Waals surface area contributed by atoms with Crippen LogP contribution < -0.4 is 4.74 Å². The van der Waals surface area contributed by atoms with E-state index >= 15 is 0 Å². The molecule has 1 aliphatic carbocycles. The molecule has 0 aliphatic heterocycles. The fraction of sp³-hybridized carbons (Fsp3) is 0.235. The van der Waals surface area contributed by atoms with Crippen molar-refractivity contribution < 1.29 is 4.74 Å². The van der Waals surface area contributed by atoms with Gasteiger partial charge >= 0.3 is 0 Å². The second kappa shape index (κ2) is 4.78. The van der Waals surface area contributed by atoms with Gasteiger partial charge in [-0.2, -0.15) is 5.26 Å². The summed E-state index contributed by atoms with van der Waals surface area (Å²) in [4.78, 5) is 0. The Bertz CT molecular complexity index is 655. The van der Waals surface area contributed by atoms with Crippen LogP contribution in [0.3, 0.4) is 0 Å². The molecule has 0 aromatic heterocycles. The molecule has 0 spiro atoms. The van der Waals surface area contributed by atoms with Gasteiger partial charge in [-0.3, -0.25) is 0 Å². The van der Waals surface area contributed by atoms with Crippen LogP contribution in [0.1, 0.15) is 28.2 Å². The third-order valence-electron chi connectivity index (χ3n) is 3.81. The third kappa shape index (κ3) is 2.08. The first-order valence-corrected chi connectivity index (χ1v) is 6.45. The minimum absolute atomic E-state index is 0.0891. The maximum atomic E-state index is 9.46. The summed E-state index contributed by atoms with van der Waals surface area (Å²) in [5.41, 5.74) is 4.95. The predicted molar refractivity (Wildman–Crippen MR) is 74.3 cm³/mol. The lowest BCUT2D eigenvalue weighted by Gasteiger charge is -2.12. The molecule has 2 heteroatoms. The van der Waals surface area contributed by atoms with Crippen LogP contribution in [0.5, 0.6) is 5.75 Å². The Hall–Kier alpha value is -2.27. The molecule has 0 saturated heterocycles. The van der Waals surface area contributed by atoms with E-state index in [1.165, 1.54) is 16.7 Å². The minimum atomic E-state index is -0.0891. The molecule has 0 saturated carbocycles. The highest BCUT2D eigenvalue weighted by atomic mass is 16.5. The van der Waals surface area contributed by atoms with Crippen molar-refractivity contribution in [2.24, 2.45) is 0 Å². The van der Waals surface area contributed by atoms with Gasteiger partial charge in [-0.15, -0.1) is 0 Å². The van der Waals surface area contributed by atoms with Crippen LogP contribution >= 0.6 is 0 Å². The third-order valence-corrected chi connectivity index (χ3v) is 3.81. The van der Waals surface area contributed by atoms with Gasteiger partial charge in [0.25, 0.3) is 0 Å². The van der Waals surface area contributed by atoms with Gasteiger partial charge in [0.2, 0.25) is 0 Å². The normalized spacial score (nSPS) is 16.7. The molecule has 3 rings (SSSR count). The molecule has 94 valence electrons. The largest absolute Gasteiger partial charge is 0.497 e. The smallest absolute Gasteiger partial charge is 0.119 e. The van der Waals surface area contributed by atoms with Crippen LogP contribution in [0, 0.1) is 11.3 Å². The molecule has 1 atom stereocenters. The summed E-state index contributed by atoms with van der Waals surface area (Å²) in [5, 5.41) is 9.46. The van der Waals surface area contributed by atoms with Gasteiger partial charge in [-0.25, -0.2) is 0 Å². The Balaban J connectivity index is 2.14. The molecule has 0 fully saturated rings. The molecule has 19 heavy (non-hydrogen) atoms. The van der Waals surface area contributed by atoms with E-state index in [1.54, 1.807) is 7.11 Å². The van der Waals surface area contributed by atoms with Gasteiger partial charge in [-0.05, 0) is 47.2 Å². The molecule has 0 unspecified atom stereocenters. The number of ether oxygens (including phenoxy) is 1. The fourth-order valence-electron chi connectivity index (χ4n) is 2.76. The molecular weight excluding hydrogens is 234 g/mol. The van der Waals surface area contributed by atoms with Gasteiger partial charge < -0.3 is 4.74 Å². The van der Waals surface area contributed by atoms with Crippen LogP contribution in [0.15, 0.2) is 42.5 Å². The molecule has 0 radical (unpaired) electrons. The predicted octanol–water partition coefficient (Wildman–Crippen LogP) is 3.45. The summed E-state index contributed by atoms with van der Waals surface area (Å²) in [6.45, 7) is 0. The lowest BCUT2D eigenvalue weighted by molar-refractivity contribution is 0.414. The maximum absolute atomic E-state index is 9.46. The molecule has 0 heterocycles. The van der Waals surface area contributed by atoms with Crippen molar-refractivity contribution in [2.75, 3.05) is 7.11 Å². The Kier molecular flexibility index (Phi) is 2.97. The van der Waals surface area contributed by atoms with E-state index in [1.807, 2.05) is 18.2 Å². The highest BCUT2D eigenvalue weighted by molar-refractivity contribution is 5.47. The van der Waals surface area contributed by atoms with Crippen LogP contribution in [-0.4, -0.2) is 7.11 Å². The van der Waals surface area contributed by atoms with E-state index in [-0.39, 0.29) is 5.92 Å². The van der Waals surface area contributed by atoms with Crippen molar-refractivity contribution in [3.05, 3.63) is 64.7 Å². The van der Waals surface area contributed by atoms with E-state index in [0.717, 1.165) is 24.2 Å². The average Bonchev–Trinajstić information content (AvgIpc) is 2.62. The molecule has 2 aromatic rings. The number of hydrogen-bond acceptors (Lipinski definition) is 2. The number of methoxy groups -OCH3 is 1. The first kappa shape index (κ1) is 11.8. The van der Waals surface area contributed by atoms with Gasteiger partial charge in [-0.1, -0.05) is 30.3 Å². The number of nitrogens with zero attached hydrogens (tertiary/aromatic N) is 1. The molecule has 0 amide bonds. The highest BCUT2D eigenvalue weighted by Crippen LogP contribution is 2.33. The summed E-state index contributed by atoms with van der Waals surface area (Å²) in [7, 11) is 1.66. The number of hydrogen-bond donors (Lipinski definition) is 0. The van der Waals surface area contributed by atoms with Gasteiger partial charge in [0, 0.05) is 0 Å². The lowest BCUT2D eigenvalue weighted by atomic mass is 9.92. The Labute approximate surface area is 113 Å². The number of fused-ring (bicyclic) bond motifs is 2. The Morgan fingerprint density at radius 1 is 1.11 bits per heavy atom. The van der Waals surface area contributed by atoms with Crippen molar-refractivity contribution in [3.8, 4) is 11.8 Å². The summed E-state index contributed by atoms with van der Waals surface area (Å²) in [6, 6.07) is 16.9. The van der Waals surface area contributed by atoms with Crippen molar-refractivity contribution in [1.82, 2.24) is 0 Å². The average molecular weight is 249 g/mol. The van der Waals surface area contributed by atoms with Crippen LogP contribution in [0.2, 0.25) is 0 Å². The van der Waals surface area contributed by atoms with Crippen molar-refractivity contribution in [3.63, 3.8) is 0 Å². The van der Waals surface area contributed by atoms with E-state index in [4.69, 9.17) is 4.74 Å². The molecular formula is C17H15NO. The second-order valence-corrected chi connectivity index (χ2v) is 4.90. The zero-order valence-electron chi connectivity index (χ0n) is 10.9. The summed E-state index contributed by atoms with van der Waals surface area (Å²) >= 11 is 0. The van der Waals surface area contributed by atoms with Crippen LogP contribution in [0.4, 0.5) is 0 Å². The first-order valence-electron chi connectivity index (χ1n) is 6.45. The quantitative estimate of drug-likeness (QED) is 0.775. The highest BCUT2D eigenvalue weighted by Gasteiger charge is 2.22. The second-order valence-electron chi connectivity index (χ2n) is 4.90. The molecule has 0 N–H and O–H groups in total. The monoisotopic (exact) mass is 249 g/mol. The van der Waals surface area contributed by atoms with Crippen LogP contribution in [-0.2, 0) is 12.8 Å². The number of rotatable bonds is 1. The van der Waals surface area contributed by atoms with E-state index in [2.05, 4.69) is 30.3 Å². The first-order chi connectivity index (χ1) is 9.31. The van der Waals surface area contributed by atoms with E-state index in [9.17, 15) is 5.26 Å². The molecule has 2 nitrogen and oxygen atoms in total. The topological polar surface area (TPSA) is 33.0 Å². The van der Waals surface area contributed by atoms with Crippen molar-refractivity contribution in [1.29, 1.82) is 5.26 Å². The van der Waals surface area contributed by atoms with Gasteiger partial charge in [0.05, 0.1) is 19.1 Å². The zero-order chi connectivity index (χ0) is 13.2. The van der Waals surface area contributed by atoms with E-state index in [0.29, 0.717) is 0 Å². The van der Waals surface area contributed by atoms with E-state index < -0.39 is 0 Å². The van der Waals surface area contributed by atoms with Gasteiger partial charge in [0.15, 0.2) is 0 Å².